The molecule has 0 fully saturated rings. The Morgan fingerprint density at radius 3 is 2.28 bits per heavy atom. The van der Waals surface area contributed by atoms with Crippen molar-refractivity contribution in [2.45, 2.75) is 24.8 Å². The molecule has 1 amide bonds. The van der Waals surface area contributed by atoms with Crippen LogP contribution in [0.2, 0.25) is 0 Å². The second-order valence-electron chi connectivity index (χ2n) is 7.76. The zero-order valence-corrected chi connectivity index (χ0v) is 17.3. The van der Waals surface area contributed by atoms with E-state index in [1.165, 1.54) is 0 Å². The van der Waals surface area contributed by atoms with Crippen molar-refractivity contribution in [1.29, 1.82) is 5.26 Å². The first-order valence-electron chi connectivity index (χ1n) is 10.4. The van der Waals surface area contributed by atoms with Gasteiger partial charge < -0.3 is 20.0 Å². The summed E-state index contributed by atoms with van der Waals surface area (Å²) in [4.78, 5) is 23.7. The Bertz CT molecular complexity index is 1150. The number of rotatable bonds is 7. The van der Waals surface area contributed by atoms with Crippen LogP contribution in [0.1, 0.15) is 34.6 Å². The molecule has 3 aromatic carbocycles. The number of carboxylic acids is 1. The molecule has 1 N–H and O–H groups in total. The highest BCUT2D eigenvalue weighted by molar-refractivity contribution is 5.79. The summed E-state index contributed by atoms with van der Waals surface area (Å²) in [6, 6.07) is 24.2. The summed E-state index contributed by atoms with van der Waals surface area (Å²) in [5, 5.41) is 22.9. The molecule has 1 aliphatic carbocycles. The van der Waals surface area contributed by atoms with Crippen molar-refractivity contribution in [3.8, 4) is 17.2 Å². The summed E-state index contributed by atoms with van der Waals surface area (Å²) in [5.74, 6) is -1.36. The first-order chi connectivity index (χ1) is 15.5. The number of alkyl carbamates (subject to hydrolysis) is 1. The molecule has 0 unspecified atom stereocenters. The first kappa shape index (κ1) is 21.1. The molecule has 0 saturated carbocycles. The lowest BCUT2D eigenvalue weighted by Gasteiger charge is -2.20. The summed E-state index contributed by atoms with van der Waals surface area (Å²) in [7, 11) is 0. The number of nitriles is 1. The molecule has 160 valence electrons. The second-order valence-corrected chi connectivity index (χ2v) is 7.76. The van der Waals surface area contributed by atoms with Gasteiger partial charge in [-0.2, -0.15) is 5.26 Å². The van der Waals surface area contributed by atoms with Gasteiger partial charge in [0.05, 0.1) is 11.6 Å². The molecule has 0 aliphatic heterocycles. The smallest absolute Gasteiger partial charge is 0.407 e. The molecule has 0 spiro atoms. The average molecular weight is 425 g/mol. The molecule has 32 heavy (non-hydrogen) atoms. The molecule has 0 heterocycles. The summed E-state index contributed by atoms with van der Waals surface area (Å²) in [5.41, 5.74) is 5.67. The molecule has 1 aliphatic rings. The van der Waals surface area contributed by atoms with Crippen LogP contribution < -0.4 is 10.4 Å². The lowest BCUT2D eigenvalue weighted by molar-refractivity contribution is -0.306. The van der Waals surface area contributed by atoms with E-state index in [1.54, 1.807) is 24.3 Å². The number of benzene rings is 3. The predicted octanol–water partition coefficient (Wildman–Crippen LogP) is 3.15. The van der Waals surface area contributed by atoms with Gasteiger partial charge >= 0.3 is 6.09 Å². The van der Waals surface area contributed by atoms with E-state index in [9.17, 15) is 14.7 Å². The second kappa shape index (κ2) is 9.36. The van der Waals surface area contributed by atoms with Crippen LogP contribution in [0, 0.1) is 11.3 Å². The summed E-state index contributed by atoms with van der Waals surface area (Å²) >= 11 is 0. The maximum absolute atomic E-state index is 12.5. The zero-order chi connectivity index (χ0) is 22.5. The van der Waals surface area contributed by atoms with E-state index < -0.39 is 18.1 Å². The van der Waals surface area contributed by atoms with Gasteiger partial charge in [-0.05, 0) is 46.4 Å². The number of carbonyl (C=O) groups excluding carboxylic acids is 2. The molecular weight excluding hydrogens is 404 g/mol. The van der Waals surface area contributed by atoms with Crippen molar-refractivity contribution in [2.24, 2.45) is 0 Å². The van der Waals surface area contributed by atoms with E-state index in [-0.39, 0.29) is 25.4 Å². The van der Waals surface area contributed by atoms with Crippen molar-refractivity contribution >= 4 is 12.1 Å². The number of ether oxygens (including phenoxy) is 1. The highest BCUT2D eigenvalue weighted by Gasteiger charge is 2.29. The number of carbonyl (C=O) groups is 2. The molecule has 0 radical (unpaired) electrons. The Labute approximate surface area is 186 Å². The van der Waals surface area contributed by atoms with E-state index >= 15 is 0 Å². The fourth-order valence-electron chi connectivity index (χ4n) is 4.23. The summed E-state index contributed by atoms with van der Waals surface area (Å²) < 4.78 is 5.52. The molecule has 4 rings (SSSR count). The van der Waals surface area contributed by atoms with Crippen LogP contribution in [0.3, 0.4) is 0 Å². The van der Waals surface area contributed by atoms with Gasteiger partial charge in [-0.25, -0.2) is 4.79 Å². The standard InChI is InChI=1S/C26H22N2O4/c27-15-18-7-5-6-17(12-18)13-19(14-25(29)30)28-26(31)32-16-24-22-10-3-1-8-20(22)21-9-2-4-11-23(21)24/h1-12,19,24H,13-14,16H2,(H,28,31)(H,29,30)/p-1/t19-/m1/s1. The van der Waals surface area contributed by atoms with E-state index in [0.717, 1.165) is 27.8 Å². The number of fused-ring (bicyclic) bond motifs is 3. The van der Waals surface area contributed by atoms with Crippen LogP contribution in [0.15, 0.2) is 72.8 Å². The van der Waals surface area contributed by atoms with Crippen LogP contribution in [-0.2, 0) is 16.0 Å². The van der Waals surface area contributed by atoms with Crippen LogP contribution in [-0.4, -0.2) is 24.7 Å². The van der Waals surface area contributed by atoms with Crippen LogP contribution >= 0.6 is 0 Å². The highest BCUT2D eigenvalue weighted by Crippen LogP contribution is 2.44. The molecule has 6 heteroatoms. The van der Waals surface area contributed by atoms with Gasteiger partial charge in [0.15, 0.2) is 0 Å². The fraction of sp³-hybridized carbons (Fsp3) is 0.192. The largest absolute Gasteiger partial charge is 0.550 e. The Balaban J connectivity index is 1.44. The number of hydrogen-bond donors (Lipinski definition) is 1. The SMILES string of the molecule is N#Cc1cccc(C[C@H](CC(=O)[O-])NC(=O)OCC2c3ccccc3-c3ccccc32)c1. The lowest BCUT2D eigenvalue weighted by atomic mass is 9.98. The topological polar surface area (TPSA) is 102 Å². The van der Waals surface area contributed by atoms with Crippen LogP contribution in [0.5, 0.6) is 0 Å². The fourth-order valence-corrected chi connectivity index (χ4v) is 4.23. The molecule has 3 aromatic rings. The van der Waals surface area contributed by atoms with Gasteiger partial charge in [-0.3, -0.25) is 0 Å². The normalized spacial score (nSPS) is 12.8. The van der Waals surface area contributed by atoms with Gasteiger partial charge in [0.1, 0.15) is 6.61 Å². The van der Waals surface area contributed by atoms with Crippen molar-refractivity contribution in [3.05, 3.63) is 95.1 Å². The first-order valence-corrected chi connectivity index (χ1v) is 10.4. The van der Waals surface area contributed by atoms with Gasteiger partial charge in [-0.1, -0.05) is 60.7 Å². The quantitative estimate of drug-likeness (QED) is 0.627. The minimum Gasteiger partial charge on any atom is -0.550 e. The number of amides is 1. The summed E-state index contributed by atoms with van der Waals surface area (Å²) in [6.07, 6.45) is -0.802. The predicted molar refractivity (Wildman–Crippen MR) is 116 cm³/mol. The van der Waals surface area contributed by atoms with Crippen molar-refractivity contribution in [2.75, 3.05) is 6.61 Å². The molecule has 0 saturated heterocycles. The van der Waals surface area contributed by atoms with Crippen molar-refractivity contribution in [1.82, 2.24) is 5.32 Å². The average Bonchev–Trinajstić information content (AvgIpc) is 3.11. The van der Waals surface area contributed by atoms with Gasteiger partial charge in [0.25, 0.3) is 0 Å². The summed E-state index contributed by atoms with van der Waals surface area (Å²) in [6.45, 7) is 0.141. The Hall–Kier alpha value is -4.11. The van der Waals surface area contributed by atoms with E-state index in [2.05, 4.69) is 17.4 Å². The van der Waals surface area contributed by atoms with Crippen LogP contribution in [0.25, 0.3) is 11.1 Å². The maximum Gasteiger partial charge on any atom is 0.407 e. The minimum absolute atomic E-state index is 0.0833. The van der Waals surface area contributed by atoms with Crippen molar-refractivity contribution < 1.29 is 19.4 Å². The van der Waals surface area contributed by atoms with Gasteiger partial charge in [0, 0.05) is 24.3 Å². The lowest BCUT2D eigenvalue weighted by Crippen LogP contribution is -2.41. The van der Waals surface area contributed by atoms with Crippen LogP contribution in [0.4, 0.5) is 4.79 Å². The van der Waals surface area contributed by atoms with Gasteiger partial charge in [-0.15, -0.1) is 0 Å². The Kier molecular flexibility index (Phi) is 6.18. The molecule has 0 aromatic heterocycles. The third-order valence-electron chi connectivity index (χ3n) is 5.62. The Morgan fingerprint density at radius 2 is 1.66 bits per heavy atom. The highest BCUT2D eigenvalue weighted by atomic mass is 16.5. The third-order valence-corrected chi connectivity index (χ3v) is 5.62. The Morgan fingerprint density at radius 1 is 1.00 bits per heavy atom. The monoisotopic (exact) mass is 425 g/mol. The van der Waals surface area contributed by atoms with E-state index in [0.29, 0.717) is 5.56 Å². The van der Waals surface area contributed by atoms with E-state index in [1.807, 2.05) is 42.5 Å². The van der Waals surface area contributed by atoms with Crippen molar-refractivity contribution in [3.63, 3.8) is 0 Å². The minimum atomic E-state index is -1.27. The molecular formula is C26H21N2O4-. The number of carboxylic acid groups (broad SMARTS) is 1. The third kappa shape index (κ3) is 4.62. The number of hydrogen-bond acceptors (Lipinski definition) is 5. The van der Waals surface area contributed by atoms with Gasteiger partial charge in [0.2, 0.25) is 0 Å². The molecule has 6 nitrogen and oxygen atoms in total. The zero-order valence-electron chi connectivity index (χ0n) is 17.3. The molecule has 0 bridgehead atoms. The number of nitrogens with zero attached hydrogens (tertiary/aromatic N) is 1. The maximum atomic E-state index is 12.5. The van der Waals surface area contributed by atoms with E-state index in [4.69, 9.17) is 10.00 Å². The number of nitrogens with one attached hydrogen (secondary N) is 1. The number of aliphatic carboxylic acids is 1. The molecule has 1 atom stereocenters.